The summed E-state index contributed by atoms with van der Waals surface area (Å²) in [4.78, 5) is 0. The fourth-order valence-corrected chi connectivity index (χ4v) is 1.05. The van der Waals surface area contributed by atoms with Crippen molar-refractivity contribution in [1.82, 2.24) is 0 Å². The van der Waals surface area contributed by atoms with Gasteiger partial charge in [0.15, 0.2) is 0 Å². The molecule has 1 rings (SSSR count). The summed E-state index contributed by atoms with van der Waals surface area (Å²) in [5, 5.41) is 18.8. The molecule has 0 saturated carbocycles. The molecule has 0 radical (unpaired) electrons. The predicted octanol–water partition coefficient (Wildman–Crippen LogP) is 2.37. The Labute approximate surface area is 70.1 Å². The summed E-state index contributed by atoms with van der Waals surface area (Å²) in [6.07, 6.45) is 0. The van der Waals surface area contributed by atoms with E-state index in [0.717, 1.165) is 0 Å². The van der Waals surface area contributed by atoms with Crippen LogP contribution in [0.4, 0.5) is 0 Å². The van der Waals surface area contributed by atoms with Gasteiger partial charge in [-0.1, -0.05) is 11.6 Å². The van der Waals surface area contributed by atoms with E-state index in [4.69, 9.17) is 11.6 Å². The summed E-state index contributed by atoms with van der Waals surface area (Å²) in [6, 6.07) is 1.53. The Bertz CT molecular complexity index is 268. The molecule has 2 N–H and O–H groups in total. The Morgan fingerprint density at radius 3 is 2.36 bits per heavy atom. The molecular formula is C8H9ClO2. The fraction of sp³-hybridized carbons (Fsp3) is 0.250. The number of hydrogen-bond donors (Lipinski definition) is 2. The zero-order chi connectivity index (χ0) is 8.59. The Morgan fingerprint density at radius 1 is 1.27 bits per heavy atom. The van der Waals surface area contributed by atoms with Crippen LogP contribution in [-0.2, 0) is 0 Å². The van der Waals surface area contributed by atoms with Crippen molar-refractivity contribution < 1.29 is 10.2 Å². The Morgan fingerprint density at radius 2 is 1.82 bits per heavy atom. The quantitative estimate of drug-likeness (QED) is 0.631. The van der Waals surface area contributed by atoms with Gasteiger partial charge in [0.1, 0.15) is 11.5 Å². The first-order valence-corrected chi connectivity index (χ1v) is 3.59. The van der Waals surface area contributed by atoms with Gasteiger partial charge in [0.25, 0.3) is 0 Å². The lowest BCUT2D eigenvalue weighted by molar-refractivity contribution is 0.442. The van der Waals surface area contributed by atoms with Crippen molar-refractivity contribution in [2.45, 2.75) is 13.8 Å². The smallest absolute Gasteiger partial charge is 0.141 e. The van der Waals surface area contributed by atoms with E-state index in [-0.39, 0.29) is 11.5 Å². The monoisotopic (exact) mass is 172 g/mol. The minimum absolute atomic E-state index is 0.0378. The molecule has 0 bridgehead atoms. The summed E-state index contributed by atoms with van der Waals surface area (Å²) in [6.45, 7) is 3.33. The van der Waals surface area contributed by atoms with Gasteiger partial charge >= 0.3 is 0 Å². The van der Waals surface area contributed by atoms with E-state index in [1.165, 1.54) is 6.07 Å². The van der Waals surface area contributed by atoms with Gasteiger partial charge in [-0.15, -0.1) is 0 Å². The molecule has 1 aromatic rings. The van der Waals surface area contributed by atoms with E-state index >= 15 is 0 Å². The predicted molar refractivity (Wildman–Crippen MR) is 44.3 cm³/mol. The average molecular weight is 173 g/mol. The van der Waals surface area contributed by atoms with E-state index in [1.54, 1.807) is 13.8 Å². The average Bonchev–Trinajstić information content (AvgIpc) is 1.97. The van der Waals surface area contributed by atoms with Crippen molar-refractivity contribution >= 4 is 11.6 Å². The number of aryl methyl sites for hydroxylation is 1. The SMILES string of the molecule is Cc1cc(O)c(C)c(O)c1Cl. The van der Waals surface area contributed by atoms with E-state index in [2.05, 4.69) is 0 Å². The second-order valence-electron chi connectivity index (χ2n) is 2.50. The molecule has 2 nitrogen and oxygen atoms in total. The minimum atomic E-state index is -0.0378. The van der Waals surface area contributed by atoms with Gasteiger partial charge in [0.2, 0.25) is 0 Å². The normalized spacial score (nSPS) is 10.1. The topological polar surface area (TPSA) is 40.5 Å². The molecule has 0 aliphatic carbocycles. The third-order valence-corrected chi connectivity index (χ3v) is 2.12. The molecule has 0 aliphatic heterocycles. The summed E-state index contributed by atoms with van der Waals surface area (Å²) in [5.74, 6) is 0.0357. The fourth-order valence-electron chi connectivity index (χ4n) is 0.849. The van der Waals surface area contributed by atoms with Crippen LogP contribution in [0, 0.1) is 13.8 Å². The lowest BCUT2D eigenvalue weighted by atomic mass is 10.1. The van der Waals surface area contributed by atoms with Gasteiger partial charge in [-0.2, -0.15) is 0 Å². The molecule has 3 heteroatoms. The standard InChI is InChI=1S/C8H9ClO2/c1-4-3-6(10)5(2)8(11)7(4)9/h3,10-11H,1-2H3. The summed E-state index contributed by atoms with van der Waals surface area (Å²) < 4.78 is 0. The maximum Gasteiger partial charge on any atom is 0.141 e. The molecule has 0 atom stereocenters. The van der Waals surface area contributed by atoms with Crippen LogP contribution in [0.2, 0.25) is 5.02 Å². The third kappa shape index (κ3) is 1.26. The molecule has 0 unspecified atom stereocenters. The first-order valence-electron chi connectivity index (χ1n) is 3.21. The van der Waals surface area contributed by atoms with Crippen LogP contribution in [0.15, 0.2) is 6.07 Å². The van der Waals surface area contributed by atoms with Crippen molar-refractivity contribution in [1.29, 1.82) is 0 Å². The van der Waals surface area contributed by atoms with Gasteiger partial charge in [-0.3, -0.25) is 0 Å². The van der Waals surface area contributed by atoms with Gasteiger partial charge in [-0.05, 0) is 25.5 Å². The maximum atomic E-state index is 9.28. The van der Waals surface area contributed by atoms with Crippen molar-refractivity contribution in [3.63, 3.8) is 0 Å². The Balaban J connectivity index is 3.46. The first kappa shape index (κ1) is 8.21. The number of benzene rings is 1. The molecule has 0 spiro atoms. The number of hydrogen-bond acceptors (Lipinski definition) is 2. The number of phenolic OH excluding ortho intramolecular Hbond substituents is 2. The molecule has 60 valence electrons. The highest BCUT2D eigenvalue weighted by atomic mass is 35.5. The number of rotatable bonds is 0. The molecule has 0 amide bonds. The number of aromatic hydroxyl groups is 2. The van der Waals surface area contributed by atoms with Gasteiger partial charge in [0.05, 0.1) is 5.02 Å². The van der Waals surface area contributed by atoms with Crippen LogP contribution < -0.4 is 0 Å². The highest BCUT2D eigenvalue weighted by molar-refractivity contribution is 6.32. The van der Waals surface area contributed by atoms with Crippen molar-refractivity contribution in [2.75, 3.05) is 0 Å². The lowest BCUT2D eigenvalue weighted by Crippen LogP contribution is -1.81. The van der Waals surface area contributed by atoms with Crippen LogP contribution in [0.3, 0.4) is 0 Å². The van der Waals surface area contributed by atoms with Crippen LogP contribution in [0.5, 0.6) is 11.5 Å². The Hall–Kier alpha value is -0.890. The van der Waals surface area contributed by atoms with E-state index in [9.17, 15) is 10.2 Å². The van der Waals surface area contributed by atoms with Crippen molar-refractivity contribution in [2.24, 2.45) is 0 Å². The highest BCUT2D eigenvalue weighted by Crippen LogP contribution is 2.35. The zero-order valence-corrected chi connectivity index (χ0v) is 7.11. The van der Waals surface area contributed by atoms with Crippen LogP contribution in [0.25, 0.3) is 0 Å². The second kappa shape index (κ2) is 2.62. The maximum absolute atomic E-state index is 9.28. The van der Waals surface area contributed by atoms with Crippen LogP contribution in [-0.4, -0.2) is 10.2 Å². The molecule has 0 fully saturated rings. The molecule has 0 heterocycles. The molecule has 1 aromatic carbocycles. The molecule has 0 saturated heterocycles. The first-order chi connectivity index (χ1) is 5.04. The zero-order valence-electron chi connectivity index (χ0n) is 6.35. The van der Waals surface area contributed by atoms with Crippen molar-refractivity contribution in [3.05, 3.63) is 22.2 Å². The number of halogens is 1. The molecule has 0 aromatic heterocycles. The van der Waals surface area contributed by atoms with Gasteiger partial charge in [-0.25, -0.2) is 0 Å². The summed E-state index contributed by atoms with van der Waals surface area (Å²) in [7, 11) is 0. The third-order valence-electron chi connectivity index (χ3n) is 1.65. The summed E-state index contributed by atoms with van der Waals surface area (Å²) in [5.41, 5.74) is 1.09. The lowest BCUT2D eigenvalue weighted by Gasteiger charge is -2.05. The van der Waals surface area contributed by atoms with Crippen LogP contribution >= 0.6 is 11.6 Å². The van der Waals surface area contributed by atoms with Gasteiger partial charge in [0, 0.05) is 5.56 Å². The van der Waals surface area contributed by atoms with Crippen molar-refractivity contribution in [3.8, 4) is 11.5 Å². The molecular weight excluding hydrogens is 164 g/mol. The van der Waals surface area contributed by atoms with E-state index in [0.29, 0.717) is 16.1 Å². The van der Waals surface area contributed by atoms with Gasteiger partial charge < -0.3 is 10.2 Å². The molecule has 11 heavy (non-hydrogen) atoms. The Kier molecular flexibility index (Phi) is 1.96. The molecule has 0 aliphatic rings. The second-order valence-corrected chi connectivity index (χ2v) is 2.88. The van der Waals surface area contributed by atoms with E-state index in [1.807, 2.05) is 0 Å². The van der Waals surface area contributed by atoms with E-state index < -0.39 is 0 Å². The minimum Gasteiger partial charge on any atom is -0.508 e. The summed E-state index contributed by atoms with van der Waals surface area (Å²) >= 11 is 5.69. The van der Waals surface area contributed by atoms with Crippen LogP contribution in [0.1, 0.15) is 11.1 Å². The highest BCUT2D eigenvalue weighted by Gasteiger charge is 2.09. The largest absolute Gasteiger partial charge is 0.508 e. The number of phenols is 2.